The molecular weight excluding hydrogens is 372 g/mol. The molecule has 2 fully saturated rings. The van der Waals surface area contributed by atoms with E-state index in [1.54, 1.807) is 29.2 Å². The van der Waals surface area contributed by atoms with E-state index in [1.165, 1.54) is 4.31 Å². The third-order valence-corrected chi connectivity index (χ3v) is 6.48. The van der Waals surface area contributed by atoms with Crippen molar-refractivity contribution in [2.24, 2.45) is 0 Å². The quantitative estimate of drug-likeness (QED) is 0.794. The van der Waals surface area contributed by atoms with E-state index < -0.39 is 10.0 Å². The van der Waals surface area contributed by atoms with Crippen LogP contribution in [0.1, 0.15) is 12.8 Å². The summed E-state index contributed by atoms with van der Waals surface area (Å²) in [5, 5.41) is 0. The zero-order chi connectivity index (χ0) is 15.7. The maximum atomic E-state index is 12.6. The highest BCUT2D eigenvalue weighted by Crippen LogP contribution is 2.26. The van der Waals surface area contributed by atoms with Crippen molar-refractivity contribution in [2.45, 2.75) is 23.8 Å². The van der Waals surface area contributed by atoms with Gasteiger partial charge in [0.15, 0.2) is 0 Å². The number of carbonyl (C=O) groups excluding carboxylic acids is 1. The van der Waals surface area contributed by atoms with Gasteiger partial charge < -0.3 is 9.64 Å². The first-order valence-corrected chi connectivity index (χ1v) is 9.41. The third kappa shape index (κ3) is 3.00. The van der Waals surface area contributed by atoms with Crippen LogP contribution in [0.4, 0.5) is 4.79 Å². The molecule has 0 aromatic heterocycles. The summed E-state index contributed by atoms with van der Waals surface area (Å²) in [6.07, 6.45) is 0.998. The Labute approximate surface area is 138 Å². The molecule has 3 rings (SSSR count). The molecule has 0 aliphatic carbocycles. The van der Waals surface area contributed by atoms with Gasteiger partial charge in [-0.25, -0.2) is 13.2 Å². The minimum Gasteiger partial charge on any atom is -0.448 e. The first-order valence-electron chi connectivity index (χ1n) is 7.17. The Kier molecular flexibility index (Phi) is 4.42. The third-order valence-electron chi connectivity index (χ3n) is 4.09. The number of benzene rings is 1. The van der Waals surface area contributed by atoms with Gasteiger partial charge >= 0.3 is 6.09 Å². The SMILES string of the molecule is O=C1OCCN1C1CCN(S(=O)(=O)c2cccc(Br)c2)CC1. The molecule has 1 amide bonds. The van der Waals surface area contributed by atoms with Crippen molar-refractivity contribution >= 4 is 32.0 Å². The Morgan fingerprint density at radius 2 is 1.91 bits per heavy atom. The van der Waals surface area contributed by atoms with Crippen LogP contribution in [0, 0.1) is 0 Å². The summed E-state index contributed by atoms with van der Waals surface area (Å²) in [5.74, 6) is 0. The summed E-state index contributed by atoms with van der Waals surface area (Å²) in [6, 6.07) is 6.79. The summed E-state index contributed by atoms with van der Waals surface area (Å²) < 4.78 is 32.4. The lowest BCUT2D eigenvalue weighted by atomic mass is 10.1. The molecule has 2 saturated heterocycles. The Morgan fingerprint density at radius 1 is 1.18 bits per heavy atom. The molecule has 0 N–H and O–H groups in total. The molecule has 0 spiro atoms. The molecule has 22 heavy (non-hydrogen) atoms. The van der Waals surface area contributed by atoms with Gasteiger partial charge in [-0.3, -0.25) is 0 Å². The molecule has 120 valence electrons. The van der Waals surface area contributed by atoms with Crippen LogP contribution >= 0.6 is 15.9 Å². The average Bonchev–Trinajstić information content (AvgIpc) is 2.93. The summed E-state index contributed by atoms with van der Waals surface area (Å²) in [6.45, 7) is 1.86. The van der Waals surface area contributed by atoms with Crippen LogP contribution in [0.25, 0.3) is 0 Å². The monoisotopic (exact) mass is 388 g/mol. The number of hydrogen-bond donors (Lipinski definition) is 0. The second-order valence-corrected chi connectivity index (χ2v) is 8.25. The van der Waals surface area contributed by atoms with Crippen molar-refractivity contribution in [3.05, 3.63) is 28.7 Å². The highest BCUT2D eigenvalue weighted by molar-refractivity contribution is 9.10. The van der Waals surface area contributed by atoms with Gasteiger partial charge in [0.1, 0.15) is 6.61 Å². The van der Waals surface area contributed by atoms with E-state index >= 15 is 0 Å². The number of amides is 1. The number of hydrogen-bond acceptors (Lipinski definition) is 4. The predicted octanol–water partition coefficient (Wildman–Crippen LogP) is 2.05. The minimum atomic E-state index is -3.48. The van der Waals surface area contributed by atoms with Crippen molar-refractivity contribution in [2.75, 3.05) is 26.2 Å². The summed E-state index contributed by atoms with van der Waals surface area (Å²) in [4.78, 5) is 13.6. The van der Waals surface area contributed by atoms with Crippen LogP contribution in [-0.4, -0.2) is 56.0 Å². The number of piperidine rings is 1. The molecule has 1 aromatic carbocycles. The van der Waals surface area contributed by atoms with E-state index in [0.29, 0.717) is 44.0 Å². The highest BCUT2D eigenvalue weighted by Gasteiger charge is 2.35. The van der Waals surface area contributed by atoms with Crippen LogP contribution < -0.4 is 0 Å². The molecule has 6 nitrogen and oxygen atoms in total. The fraction of sp³-hybridized carbons (Fsp3) is 0.500. The standard InChI is InChI=1S/C14H17BrN2O4S/c15-11-2-1-3-13(10-11)22(19,20)16-6-4-12(5-7-16)17-8-9-21-14(17)18/h1-3,10,12H,4-9H2. The number of cyclic esters (lactones) is 1. The maximum absolute atomic E-state index is 12.6. The second kappa shape index (κ2) is 6.17. The van der Waals surface area contributed by atoms with E-state index in [1.807, 2.05) is 0 Å². The molecule has 0 bridgehead atoms. The van der Waals surface area contributed by atoms with E-state index in [4.69, 9.17) is 4.74 Å². The first kappa shape index (κ1) is 15.8. The Bertz CT molecular complexity index is 671. The van der Waals surface area contributed by atoms with Gasteiger partial charge in [-0.15, -0.1) is 0 Å². The van der Waals surface area contributed by atoms with Crippen LogP contribution in [0.15, 0.2) is 33.6 Å². The Balaban J connectivity index is 1.69. The fourth-order valence-electron chi connectivity index (χ4n) is 2.91. The highest BCUT2D eigenvalue weighted by atomic mass is 79.9. The van der Waals surface area contributed by atoms with Crippen molar-refractivity contribution in [3.63, 3.8) is 0 Å². The predicted molar refractivity (Wildman–Crippen MR) is 84.0 cm³/mol. The molecule has 0 unspecified atom stereocenters. The molecule has 0 radical (unpaired) electrons. The number of ether oxygens (including phenoxy) is 1. The van der Waals surface area contributed by atoms with Crippen LogP contribution in [0.3, 0.4) is 0 Å². The lowest BCUT2D eigenvalue weighted by Crippen LogP contribution is -2.47. The smallest absolute Gasteiger partial charge is 0.410 e. The van der Waals surface area contributed by atoms with Gasteiger partial charge in [-0.2, -0.15) is 4.31 Å². The molecule has 2 aliphatic rings. The van der Waals surface area contributed by atoms with Crippen molar-refractivity contribution in [3.8, 4) is 0 Å². The number of carbonyl (C=O) groups is 1. The van der Waals surface area contributed by atoms with E-state index in [9.17, 15) is 13.2 Å². The largest absolute Gasteiger partial charge is 0.448 e. The number of sulfonamides is 1. The molecular formula is C14H17BrN2O4S. The summed E-state index contributed by atoms with van der Waals surface area (Å²) >= 11 is 3.30. The Morgan fingerprint density at radius 3 is 2.50 bits per heavy atom. The number of rotatable bonds is 3. The fourth-order valence-corrected chi connectivity index (χ4v) is 4.97. The summed E-state index contributed by atoms with van der Waals surface area (Å²) in [5.41, 5.74) is 0. The van der Waals surface area contributed by atoms with E-state index in [2.05, 4.69) is 15.9 Å². The Hall–Kier alpha value is -1.12. The van der Waals surface area contributed by atoms with Gasteiger partial charge in [0.05, 0.1) is 11.4 Å². The van der Waals surface area contributed by atoms with Gasteiger partial charge in [0.25, 0.3) is 0 Å². The van der Waals surface area contributed by atoms with Crippen LogP contribution in [0.5, 0.6) is 0 Å². The van der Waals surface area contributed by atoms with Gasteiger partial charge in [0.2, 0.25) is 10.0 Å². The van der Waals surface area contributed by atoms with Gasteiger partial charge in [0, 0.05) is 23.6 Å². The van der Waals surface area contributed by atoms with E-state index in [-0.39, 0.29) is 12.1 Å². The molecule has 0 saturated carbocycles. The molecule has 2 heterocycles. The lowest BCUT2D eigenvalue weighted by molar-refractivity contribution is 0.134. The minimum absolute atomic E-state index is 0.0731. The van der Waals surface area contributed by atoms with Crippen LogP contribution in [-0.2, 0) is 14.8 Å². The number of halogens is 1. The molecule has 2 aliphatic heterocycles. The van der Waals surface area contributed by atoms with Gasteiger partial charge in [-0.1, -0.05) is 22.0 Å². The first-order chi connectivity index (χ1) is 10.5. The lowest BCUT2D eigenvalue weighted by Gasteiger charge is -2.34. The molecule has 8 heteroatoms. The summed E-state index contributed by atoms with van der Waals surface area (Å²) in [7, 11) is -3.48. The zero-order valence-electron chi connectivity index (χ0n) is 11.9. The molecule has 0 atom stereocenters. The van der Waals surface area contributed by atoms with Crippen molar-refractivity contribution in [1.29, 1.82) is 0 Å². The van der Waals surface area contributed by atoms with E-state index in [0.717, 1.165) is 4.47 Å². The molecule has 1 aromatic rings. The number of nitrogens with zero attached hydrogens (tertiary/aromatic N) is 2. The average molecular weight is 389 g/mol. The second-order valence-electron chi connectivity index (χ2n) is 5.40. The topological polar surface area (TPSA) is 66.9 Å². The maximum Gasteiger partial charge on any atom is 0.410 e. The zero-order valence-corrected chi connectivity index (χ0v) is 14.3. The normalized spacial score (nSPS) is 21.1. The van der Waals surface area contributed by atoms with Crippen LogP contribution in [0.2, 0.25) is 0 Å². The van der Waals surface area contributed by atoms with Crippen molar-refractivity contribution in [1.82, 2.24) is 9.21 Å². The van der Waals surface area contributed by atoms with Crippen molar-refractivity contribution < 1.29 is 17.9 Å². The van der Waals surface area contributed by atoms with Gasteiger partial charge in [-0.05, 0) is 31.0 Å².